The Morgan fingerprint density at radius 1 is 1.42 bits per heavy atom. The molecule has 0 spiro atoms. The van der Waals surface area contributed by atoms with Crippen LogP contribution in [0.2, 0.25) is 0 Å². The maximum absolute atomic E-state index is 11.9. The Balaban J connectivity index is 1.98. The number of ether oxygens (including phenoxy) is 1. The van der Waals surface area contributed by atoms with Gasteiger partial charge in [-0.15, -0.1) is 0 Å². The Kier molecular flexibility index (Phi) is 4.85. The molecular weight excluding hydrogens is 240 g/mol. The van der Waals surface area contributed by atoms with E-state index < -0.39 is 5.54 Å². The number of methoxy groups -OCH3 is 1. The summed E-state index contributed by atoms with van der Waals surface area (Å²) in [5, 5.41) is 0. The van der Waals surface area contributed by atoms with Gasteiger partial charge in [-0.3, -0.25) is 4.79 Å². The van der Waals surface area contributed by atoms with Crippen LogP contribution in [-0.4, -0.2) is 42.6 Å². The molecule has 3 atom stereocenters. The van der Waals surface area contributed by atoms with E-state index in [0.717, 1.165) is 25.2 Å². The molecule has 0 aromatic rings. The monoisotopic (exact) mass is 268 g/mol. The lowest BCUT2D eigenvalue weighted by Gasteiger charge is -2.44. The fourth-order valence-electron chi connectivity index (χ4n) is 3.74. The number of carbonyl (C=O) groups excluding carboxylic acids is 1. The van der Waals surface area contributed by atoms with Crippen molar-refractivity contribution in [1.29, 1.82) is 0 Å². The molecule has 2 fully saturated rings. The highest BCUT2D eigenvalue weighted by Crippen LogP contribution is 2.33. The molecule has 0 amide bonds. The SMILES string of the molecule is CCC1CCCN(C2CCCC(N)(C(=O)OC)C2)C1. The fraction of sp³-hybridized carbons (Fsp3) is 0.933. The molecule has 2 N–H and O–H groups in total. The van der Waals surface area contributed by atoms with E-state index in [2.05, 4.69) is 11.8 Å². The van der Waals surface area contributed by atoms with E-state index in [4.69, 9.17) is 10.5 Å². The van der Waals surface area contributed by atoms with Gasteiger partial charge in [0.25, 0.3) is 0 Å². The van der Waals surface area contributed by atoms with Gasteiger partial charge in [0.15, 0.2) is 0 Å². The molecule has 19 heavy (non-hydrogen) atoms. The summed E-state index contributed by atoms with van der Waals surface area (Å²) >= 11 is 0. The van der Waals surface area contributed by atoms with Crippen LogP contribution in [0.25, 0.3) is 0 Å². The molecule has 2 rings (SSSR count). The van der Waals surface area contributed by atoms with Crippen LogP contribution in [0.15, 0.2) is 0 Å². The predicted octanol–water partition coefficient (Wildman–Crippen LogP) is 1.92. The second-order valence-corrected chi connectivity index (χ2v) is 6.31. The number of nitrogens with zero attached hydrogens (tertiary/aromatic N) is 1. The normalized spacial score (nSPS) is 37.0. The van der Waals surface area contributed by atoms with Gasteiger partial charge in [-0.05, 0) is 51.0 Å². The summed E-state index contributed by atoms with van der Waals surface area (Å²) in [7, 11) is 1.44. The smallest absolute Gasteiger partial charge is 0.325 e. The first-order valence-electron chi connectivity index (χ1n) is 7.70. The number of rotatable bonds is 3. The zero-order valence-corrected chi connectivity index (χ0v) is 12.4. The predicted molar refractivity (Wildman–Crippen MR) is 75.8 cm³/mol. The number of hydrogen-bond donors (Lipinski definition) is 1. The van der Waals surface area contributed by atoms with Gasteiger partial charge < -0.3 is 15.4 Å². The lowest BCUT2D eigenvalue weighted by atomic mass is 9.78. The summed E-state index contributed by atoms with van der Waals surface area (Å²) < 4.78 is 4.89. The summed E-state index contributed by atoms with van der Waals surface area (Å²) in [5.41, 5.74) is 5.52. The minimum absolute atomic E-state index is 0.235. The third-order valence-electron chi connectivity index (χ3n) is 5.00. The number of esters is 1. The van der Waals surface area contributed by atoms with Crippen LogP contribution in [-0.2, 0) is 9.53 Å². The van der Waals surface area contributed by atoms with Crippen molar-refractivity contribution in [1.82, 2.24) is 4.90 Å². The second kappa shape index (κ2) is 6.23. The number of nitrogens with two attached hydrogens (primary N) is 1. The first kappa shape index (κ1) is 14.8. The fourth-order valence-corrected chi connectivity index (χ4v) is 3.74. The molecular formula is C15H28N2O2. The van der Waals surface area contributed by atoms with Crippen LogP contribution < -0.4 is 5.73 Å². The lowest BCUT2D eigenvalue weighted by Crippen LogP contribution is -2.57. The summed E-state index contributed by atoms with van der Waals surface area (Å²) in [6.45, 7) is 4.62. The average molecular weight is 268 g/mol. The topological polar surface area (TPSA) is 55.6 Å². The van der Waals surface area contributed by atoms with E-state index in [0.29, 0.717) is 6.04 Å². The average Bonchev–Trinajstić information content (AvgIpc) is 2.46. The highest BCUT2D eigenvalue weighted by molar-refractivity contribution is 5.80. The Morgan fingerprint density at radius 2 is 2.21 bits per heavy atom. The number of carbonyl (C=O) groups is 1. The molecule has 0 aromatic heterocycles. The first-order valence-corrected chi connectivity index (χ1v) is 7.70. The van der Waals surface area contributed by atoms with Gasteiger partial charge in [-0.1, -0.05) is 13.3 Å². The second-order valence-electron chi connectivity index (χ2n) is 6.31. The van der Waals surface area contributed by atoms with Crippen LogP contribution >= 0.6 is 0 Å². The summed E-state index contributed by atoms with van der Waals surface area (Å²) in [6, 6.07) is 0.465. The minimum atomic E-state index is -0.753. The van der Waals surface area contributed by atoms with Crippen molar-refractivity contribution >= 4 is 5.97 Å². The molecule has 1 saturated carbocycles. The van der Waals surface area contributed by atoms with Gasteiger partial charge in [0, 0.05) is 12.6 Å². The molecule has 110 valence electrons. The molecule has 2 aliphatic rings. The molecule has 0 radical (unpaired) electrons. The summed E-state index contributed by atoms with van der Waals surface area (Å²) in [5.74, 6) is 0.585. The van der Waals surface area contributed by atoms with Crippen molar-refractivity contribution in [2.24, 2.45) is 11.7 Å². The molecule has 0 bridgehead atoms. The van der Waals surface area contributed by atoms with E-state index >= 15 is 0 Å². The Hall–Kier alpha value is -0.610. The minimum Gasteiger partial charge on any atom is -0.468 e. The quantitative estimate of drug-likeness (QED) is 0.795. The van der Waals surface area contributed by atoms with Crippen molar-refractivity contribution in [3.05, 3.63) is 0 Å². The maximum Gasteiger partial charge on any atom is 0.325 e. The third kappa shape index (κ3) is 3.29. The Morgan fingerprint density at radius 3 is 2.89 bits per heavy atom. The number of piperidine rings is 1. The van der Waals surface area contributed by atoms with E-state index in [1.165, 1.54) is 45.9 Å². The first-order chi connectivity index (χ1) is 9.09. The van der Waals surface area contributed by atoms with E-state index in [9.17, 15) is 4.79 Å². The van der Waals surface area contributed by atoms with Gasteiger partial charge in [0.2, 0.25) is 0 Å². The molecule has 3 unspecified atom stereocenters. The van der Waals surface area contributed by atoms with Crippen LogP contribution in [0.4, 0.5) is 0 Å². The van der Waals surface area contributed by atoms with Crippen LogP contribution in [0, 0.1) is 5.92 Å². The van der Waals surface area contributed by atoms with Gasteiger partial charge in [-0.25, -0.2) is 0 Å². The largest absolute Gasteiger partial charge is 0.468 e. The van der Waals surface area contributed by atoms with Crippen molar-refractivity contribution < 1.29 is 9.53 Å². The highest BCUT2D eigenvalue weighted by Gasteiger charge is 2.42. The maximum atomic E-state index is 11.9. The molecule has 1 aliphatic carbocycles. The van der Waals surface area contributed by atoms with Crippen LogP contribution in [0.5, 0.6) is 0 Å². The lowest BCUT2D eigenvalue weighted by molar-refractivity contribution is -0.149. The standard InChI is InChI=1S/C15H28N2O2/c1-3-12-6-5-9-17(11-12)13-7-4-8-15(16,10-13)14(18)19-2/h12-13H,3-11,16H2,1-2H3. The highest BCUT2D eigenvalue weighted by atomic mass is 16.5. The molecule has 0 aromatic carbocycles. The van der Waals surface area contributed by atoms with Crippen molar-refractivity contribution in [3.8, 4) is 0 Å². The summed E-state index contributed by atoms with van der Waals surface area (Å²) in [6.07, 6.45) is 7.62. The van der Waals surface area contributed by atoms with Crippen molar-refractivity contribution in [2.45, 2.75) is 63.5 Å². The van der Waals surface area contributed by atoms with E-state index in [-0.39, 0.29) is 5.97 Å². The molecule has 4 heteroatoms. The van der Waals surface area contributed by atoms with Crippen molar-refractivity contribution in [3.63, 3.8) is 0 Å². The zero-order valence-electron chi connectivity index (χ0n) is 12.4. The summed E-state index contributed by atoms with van der Waals surface area (Å²) in [4.78, 5) is 14.4. The Bertz CT molecular complexity index is 321. The Labute approximate surface area is 116 Å². The van der Waals surface area contributed by atoms with Gasteiger partial charge in [0.1, 0.15) is 5.54 Å². The van der Waals surface area contributed by atoms with E-state index in [1.54, 1.807) is 0 Å². The molecule has 1 heterocycles. The van der Waals surface area contributed by atoms with E-state index in [1.807, 2.05) is 0 Å². The van der Waals surface area contributed by atoms with Crippen LogP contribution in [0.1, 0.15) is 51.9 Å². The number of likely N-dealkylation sites (tertiary alicyclic amines) is 1. The van der Waals surface area contributed by atoms with Crippen molar-refractivity contribution in [2.75, 3.05) is 20.2 Å². The van der Waals surface area contributed by atoms with Gasteiger partial charge >= 0.3 is 5.97 Å². The third-order valence-corrected chi connectivity index (χ3v) is 5.00. The zero-order chi connectivity index (χ0) is 13.9. The van der Waals surface area contributed by atoms with Crippen LogP contribution in [0.3, 0.4) is 0 Å². The van der Waals surface area contributed by atoms with Gasteiger partial charge in [-0.2, -0.15) is 0 Å². The molecule has 1 aliphatic heterocycles. The molecule has 1 saturated heterocycles. The molecule has 4 nitrogen and oxygen atoms in total. The van der Waals surface area contributed by atoms with Gasteiger partial charge in [0.05, 0.1) is 7.11 Å². The number of hydrogen-bond acceptors (Lipinski definition) is 4.